The van der Waals surface area contributed by atoms with E-state index >= 15 is 0 Å². The Morgan fingerprint density at radius 1 is 1.29 bits per heavy atom. The average Bonchev–Trinajstić information content (AvgIpc) is 2.86. The van der Waals surface area contributed by atoms with Gasteiger partial charge in [0.1, 0.15) is 5.03 Å². The summed E-state index contributed by atoms with van der Waals surface area (Å²) in [4.78, 5) is 0. The van der Waals surface area contributed by atoms with Gasteiger partial charge in [-0.15, -0.1) is 30.0 Å². The van der Waals surface area contributed by atoms with E-state index in [1.807, 2.05) is 12.2 Å². The number of hydrogen-bond acceptors (Lipinski definition) is 3. The Balaban J connectivity index is 0.000000366. The highest BCUT2D eigenvalue weighted by molar-refractivity contribution is 9.09. The molecule has 1 heterocycles. The van der Waals surface area contributed by atoms with Crippen LogP contribution >= 0.6 is 27.7 Å². The fraction of sp³-hybridized carbons (Fsp3) is 0.500. The first-order valence-corrected chi connectivity index (χ1v) is 7.72. The summed E-state index contributed by atoms with van der Waals surface area (Å²) >= 11 is 5.02. The molecule has 1 aromatic rings. The summed E-state index contributed by atoms with van der Waals surface area (Å²) < 4.78 is 0. The largest absolute Gasteiger partial charge is 0.197 e. The van der Waals surface area contributed by atoms with E-state index in [1.165, 1.54) is 6.42 Å². The maximum Gasteiger partial charge on any atom is 0.138 e. The minimum atomic E-state index is 0.967. The number of rotatable bonds is 8. The van der Waals surface area contributed by atoms with Gasteiger partial charge in [-0.1, -0.05) is 28.1 Å². The van der Waals surface area contributed by atoms with Crippen molar-refractivity contribution in [1.82, 2.24) is 15.4 Å². The summed E-state index contributed by atoms with van der Waals surface area (Å²) in [5.41, 5.74) is 0. The molecule has 0 aliphatic heterocycles. The smallest absolute Gasteiger partial charge is 0.138 e. The van der Waals surface area contributed by atoms with Crippen molar-refractivity contribution in [2.75, 3.05) is 11.1 Å². The van der Waals surface area contributed by atoms with E-state index in [-0.39, 0.29) is 0 Å². The van der Waals surface area contributed by atoms with Crippen LogP contribution in [0.3, 0.4) is 0 Å². The average molecular weight is 318 g/mol. The topological polar surface area (TPSA) is 41.6 Å². The summed E-state index contributed by atoms with van der Waals surface area (Å²) in [6.45, 7) is 7.23. The SMILES string of the molecule is C=CCCCBr.C=CCCCSc1cn[nH]n1. The van der Waals surface area contributed by atoms with Gasteiger partial charge in [-0.3, -0.25) is 0 Å². The van der Waals surface area contributed by atoms with E-state index < -0.39 is 0 Å². The quantitative estimate of drug-likeness (QED) is 0.338. The first-order chi connectivity index (χ1) is 8.35. The highest BCUT2D eigenvalue weighted by Gasteiger charge is 1.94. The zero-order chi connectivity index (χ0) is 12.8. The number of thioether (sulfide) groups is 1. The highest BCUT2D eigenvalue weighted by Crippen LogP contribution is 2.14. The molecule has 0 radical (unpaired) electrons. The molecule has 17 heavy (non-hydrogen) atoms. The van der Waals surface area contributed by atoms with Gasteiger partial charge in [0.25, 0.3) is 0 Å². The molecular formula is C12H20BrN3S. The second-order valence-corrected chi connectivity index (χ2v) is 5.12. The van der Waals surface area contributed by atoms with Crippen molar-refractivity contribution in [3.05, 3.63) is 31.5 Å². The summed E-state index contributed by atoms with van der Waals surface area (Å²) in [6.07, 6.45) is 10.2. The third-order valence-electron chi connectivity index (χ3n) is 1.74. The van der Waals surface area contributed by atoms with Crippen LogP contribution in [0.15, 0.2) is 36.5 Å². The van der Waals surface area contributed by atoms with Gasteiger partial charge >= 0.3 is 0 Å². The molecule has 1 N–H and O–H groups in total. The Bertz CT molecular complexity index is 275. The van der Waals surface area contributed by atoms with Gasteiger partial charge < -0.3 is 0 Å². The van der Waals surface area contributed by atoms with Gasteiger partial charge in [-0.05, 0) is 31.4 Å². The minimum Gasteiger partial charge on any atom is -0.197 e. The van der Waals surface area contributed by atoms with E-state index in [1.54, 1.807) is 18.0 Å². The molecule has 3 nitrogen and oxygen atoms in total. The molecule has 0 saturated carbocycles. The summed E-state index contributed by atoms with van der Waals surface area (Å²) in [5, 5.41) is 12.3. The fourth-order valence-corrected chi connectivity index (χ4v) is 1.96. The number of hydrogen-bond donors (Lipinski definition) is 1. The van der Waals surface area contributed by atoms with Gasteiger partial charge in [0.2, 0.25) is 0 Å². The van der Waals surface area contributed by atoms with Crippen LogP contribution in [-0.4, -0.2) is 26.5 Å². The molecule has 96 valence electrons. The van der Waals surface area contributed by atoms with Crippen LogP contribution in [0.2, 0.25) is 0 Å². The van der Waals surface area contributed by atoms with Crippen LogP contribution in [0.1, 0.15) is 25.7 Å². The highest BCUT2D eigenvalue weighted by atomic mass is 79.9. The lowest BCUT2D eigenvalue weighted by atomic mass is 10.3. The number of aromatic amines is 1. The minimum absolute atomic E-state index is 0.967. The van der Waals surface area contributed by atoms with Crippen molar-refractivity contribution >= 4 is 27.7 Å². The maximum absolute atomic E-state index is 3.91. The van der Waals surface area contributed by atoms with E-state index in [2.05, 4.69) is 44.5 Å². The monoisotopic (exact) mass is 317 g/mol. The van der Waals surface area contributed by atoms with E-state index in [4.69, 9.17) is 0 Å². The zero-order valence-electron chi connectivity index (χ0n) is 10.1. The number of aromatic nitrogens is 3. The molecule has 0 unspecified atom stereocenters. The van der Waals surface area contributed by atoms with Crippen LogP contribution < -0.4 is 0 Å². The third kappa shape index (κ3) is 11.7. The van der Waals surface area contributed by atoms with E-state index in [9.17, 15) is 0 Å². The van der Waals surface area contributed by atoms with Gasteiger partial charge in [0.05, 0.1) is 6.20 Å². The number of allylic oxidation sites excluding steroid dienone is 2. The molecule has 0 amide bonds. The van der Waals surface area contributed by atoms with Crippen molar-refractivity contribution in [3.8, 4) is 0 Å². The summed E-state index contributed by atoms with van der Waals surface area (Å²) in [7, 11) is 0. The first-order valence-electron chi connectivity index (χ1n) is 5.61. The predicted octanol–water partition coefficient (Wildman–Crippen LogP) is 4.21. The van der Waals surface area contributed by atoms with Crippen LogP contribution in [0.25, 0.3) is 0 Å². The lowest BCUT2D eigenvalue weighted by Crippen LogP contribution is -1.78. The number of H-pyrrole nitrogens is 1. The van der Waals surface area contributed by atoms with Crippen molar-refractivity contribution < 1.29 is 0 Å². The number of alkyl halides is 1. The Morgan fingerprint density at radius 2 is 2.00 bits per heavy atom. The van der Waals surface area contributed by atoms with Crippen LogP contribution in [0.4, 0.5) is 0 Å². The van der Waals surface area contributed by atoms with Gasteiger partial charge in [0.15, 0.2) is 0 Å². The molecule has 0 aromatic carbocycles. The first kappa shape index (κ1) is 16.4. The van der Waals surface area contributed by atoms with Gasteiger partial charge in [-0.25, -0.2) is 0 Å². The number of nitrogens with zero attached hydrogens (tertiary/aromatic N) is 2. The molecule has 0 saturated heterocycles. The van der Waals surface area contributed by atoms with E-state index in [0.29, 0.717) is 0 Å². The molecule has 5 heteroatoms. The van der Waals surface area contributed by atoms with Crippen LogP contribution in [-0.2, 0) is 0 Å². The Labute approximate surface area is 116 Å². The number of halogens is 1. The molecule has 1 rings (SSSR count). The molecule has 0 spiro atoms. The molecular weight excluding hydrogens is 298 g/mol. The molecule has 0 fully saturated rings. The Hall–Kier alpha value is -0.550. The molecule has 1 aromatic heterocycles. The summed E-state index contributed by atoms with van der Waals surface area (Å²) in [6, 6.07) is 0. The molecule has 0 aliphatic carbocycles. The Kier molecular flexibility index (Phi) is 13.1. The lowest BCUT2D eigenvalue weighted by molar-refractivity contribution is 0.908. The van der Waals surface area contributed by atoms with Crippen LogP contribution in [0, 0.1) is 0 Å². The van der Waals surface area contributed by atoms with Gasteiger partial charge in [0, 0.05) is 5.33 Å². The zero-order valence-corrected chi connectivity index (χ0v) is 12.5. The van der Waals surface area contributed by atoms with Crippen molar-refractivity contribution in [2.24, 2.45) is 0 Å². The van der Waals surface area contributed by atoms with Crippen molar-refractivity contribution in [1.29, 1.82) is 0 Å². The number of unbranched alkanes of at least 4 members (excludes halogenated alkanes) is 2. The molecule has 0 bridgehead atoms. The summed E-state index contributed by atoms with van der Waals surface area (Å²) in [5.74, 6) is 1.08. The Morgan fingerprint density at radius 3 is 2.47 bits per heavy atom. The predicted molar refractivity (Wildman–Crippen MR) is 79.8 cm³/mol. The fourth-order valence-electron chi connectivity index (χ4n) is 0.887. The number of nitrogens with one attached hydrogen (secondary N) is 1. The normalized spacial score (nSPS) is 9.24. The maximum atomic E-state index is 3.91. The van der Waals surface area contributed by atoms with Crippen molar-refractivity contribution in [2.45, 2.75) is 30.7 Å². The van der Waals surface area contributed by atoms with Crippen LogP contribution in [0.5, 0.6) is 0 Å². The molecule has 0 aliphatic rings. The second-order valence-electron chi connectivity index (χ2n) is 3.21. The van der Waals surface area contributed by atoms with Gasteiger partial charge in [-0.2, -0.15) is 10.3 Å². The van der Waals surface area contributed by atoms with E-state index in [0.717, 1.165) is 35.4 Å². The molecule has 0 atom stereocenters. The second kappa shape index (κ2) is 13.5. The third-order valence-corrected chi connectivity index (χ3v) is 3.28. The van der Waals surface area contributed by atoms with Crippen molar-refractivity contribution in [3.63, 3.8) is 0 Å². The lowest BCUT2D eigenvalue weighted by Gasteiger charge is -1.92. The standard InChI is InChI=1S/C7H11N3S.C5H9Br/c1-2-3-4-5-11-7-6-8-10-9-7;1-2-3-4-5-6/h2,6H,1,3-5H2,(H,8,9,10);2H,1,3-5H2.